The van der Waals surface area contributed by atoms with Gasteiger partial charge in [0.2, 0.25) is 0 Å². The zero-order valence-corrected chi connectivity index (χ0v) is 14.8. The number of phenols is 1. The number of aromatic hydroxyl groups is 1. The van der Waals surface area contributed by atoms with E-state index in [-0.39, 0.29) is 12.0 Å². The van der Waals surface area contributed by atoms with Gasteiger partial charge in [0.25, 0.3) is 0 Å². The maximum Gasteiger partial charge on any atom is 0.174 e. The Kier molecular flexibility index (Phi) is 11.6. The van der Waals surface area contributed by atoms with Crippen LogP contribution >= 0.6 is 0 Å². The number of aromatic nitrogens is 3. The monoisotopic (exact) mass is 398 g/mol. The fraction of sp³-hybridized carbons (Fsp3) is 0.312. The standard InChI is InChI=1S/C7H7NO2.C7H12O6.C2H3N3/c9-7-4-2-1-3-6(7)5-8-10;1-4(10)7(13,3-9)6(12)5(11)2-8;1-2-4-5-3-1/h1-5,9-10H;2,5-6,9,11-13H,3H2,1H3;1-2H,(H,3,4,5). The van der Waals surface area contributed by atoms with Crippen LogP contribution in [0.15, 0.2) is 41.8 Å². The summed E-state index contributed by atoms with van der Waals surface area (Å²) < 4.78 is 0. The Morgan fingerprint density at radius 3 is 2.21 bits per heavy atom. The highest BCUT2D eigenvalue weighted by Gasteiger charge is 2.43. The van der Waals surface area contributed by atoms with Gasteiger partial charge in [-0.3, -0.25) is 4.79 Å². The Morgan fingerprint density at radius 1 is 1.29 bits per heavy atom. The number of aliphatic hydroxyl groups excluding tert-OH is 3. The van der Waals surface area contributed by atoms with Crippen molar-refractivity contribution >= 4 is 18.3 Å². The smallest absolute Gasteiger partial charge is 0.174 e. The molecule has 2 rings (SSSR count). The summed E-state index contributed by atoms with van der Waals surface area (Å²) in [6.45, 7) is -0.134. The molecule has 3 atom stereocenters. The van der Waals surface area contributed by atoms with Crippen molar-refractivity contribution in [2.45, 2.75) is 24.7 Å². The van der Waals surface area contributed by atoms with Gasteiger partial charge in [0.15, 0.2) is 17.7 Å². The lowest BCUT2D eigenvalue weighted by molar-refractivity contribution is -0.169. The van der Waals surface area contributed by atoms with E-state index >= 15 is 0 Å². The van der Waals surface area contributed by atoms with Crippen molar-refractivity contribution in [3.63, 3.8) is 0 Å². The first-order chi connectivity index (χ1) is 13.2. The summed E-state index contributed by atoms with van der Waals surface area (Å²) in [5.74, 6) is -0.816. The summed E-state index contributed by atoms with van der Waals surface area (Å²) in [6.07, 6.45) is 0.386. The number of benzene rings is 1. The second-order valence-electron chi connectivity index (χ2n) is 5.17. The van der Waals surface area contributed by atoms with Crippen molar-refractivity contribution in [2.75, 3.05) is 6.61 Å². The van der Waals surface area contributed by atoms with Gasteiger partial charge in [0, 0.05) is 5.56 Å². The van der Waals surface area contributed by atoms with Crippen LogP contribution in [0.3, 0.4) is 0 Å². The Labute approximate surface area is 159 Å². The van der Waals surface area contributed by atoms with Crippen LogP contribution < -0.4 is 0 Å². The second-order valence-corrected chi connectivity index (χ2v) is 5.17. The number of aldehydes is 1. The molecular formula is C16H22N4O8. The molecule has 0 saturated heterocycles. The lowest BCUT2D eigenvalue weighted by Gasteiger charge is -2.29. The first kappa shape index (κ1) is 24.8. The van der Waals surface area contributed by atoms with E-state index in [4.69, 9.17) is 25.6 Å². The number of Topliss-reactive ketones (excluding diaryl/α,β-unsaturated/α-hetero) is 1. The molecule has 1 aromatic carbocycles. The van der Waals surface area contributed by atoms with Crippen LogP contribution in [0.25, 0.3) is 0 Å². The van der Waals surface area contributed by atoms with Gasteiger partial charge in [-0.2, -0.15) is 15.4 Å². The predicted molar refractivity (Wildman–Crippen MR) is 94.7 cm³/mol. The number of hydrogen-bond donors (Lipinski definition) is 7. The van der Waals surface area contributed by atoms with Crippen molar-refractivity contribution in [3.8, 4) is 5.75 Å². The maximum absolute atomic E-state index is 10.8. The minimum atomic E-state index is -2.49. The summed E-state index contributed by atoms with van der Waals surface area (Å²) in [7, 11) is 0. The molecule has 0 spiro atoms. The normalized spacial score (nSPS) is 14.5. The molecule has 0 bridgehead atoms. The maximum atomic E-state index is 10.8. The molecule has 0 aliphatic rings. The number of oxime groups is 1. The van der Waals surface area contributed by atoms with Crippen LogP contribution in [-0.4, -0.2) is 88.9 Å². The van der Waals surface area contributed by atoms with E-state index in [0.717, 1.165) is 6.92 Å². The highest BCUT2D eigenvalue weighted by molar-refractivity contribution is 5.86. The van der Waals surface area contributed by atoms with Crippen molar-refractivity contribution in [3.05, 3.63) is 42.2 Å². The van der Waals surface area contributed by atoms with E-state index < -0.39 is 30.2 Å². The Balaban J connectivity index is 0.000000425. The fourth-order valence-corrected chi connectivity index (χ4v) is 1.60. The summed E-state index contributed by atoms with van der Waals surface area (Å²) in [4.78, 5) is 20.8. The minimum absolute atomic E-state index is 0.0335. The molecule has 0 aliphatic heterocycles. The van der Waals surface area contributed by atoms with E-state index in [9.17, 15) is 14.7 Å². The van der Waals surface area contributed by atoms with Crippen molar-refractivity contribution in [1.82, 2.24) is 15.4 Å². The first-order valence-electron chi connectivity index (χ1n) is 7.65. The molecule has 154 valence electrons. The zero-order chi connectivity index (χ0) is 21.6. The molecule has 2 aromatic rings. The van der Waals surface area contributed by atoms with E-state index in [0.29, 0.717) is 5.56 Å². The third-order valence-electron chi connectivity index (χ3n) is 3.27. The number of nitrogens with zero attached hydrogens (tertiary/aromatic N) is 3. The first-order valence-corrected chi connectivity index (χ1v) is 7.65. The molecule has 0 fully saturated rings. The van der Waals surface area contributed by atoms with Gasteiger partial charge in [-0.25, -0.2) is 0 Å². The van der Waals surface area contributed by atoms with Gasteiger partial charge in [-0.1, -0.05) is 17.3 Å². The van der Waals surface area contributed by atoms with Gasteiger partial charge in [-0.05, 0) is 19.1 Å². The number of hydrogen-bond acceptors (Lipinski definition) is 11. The summed E-state index contributed by atoms with van der Waals surface area (Å²) in [6, 6.07) is 6.62. The number of phenolic OH excluding ortho intramolecular Hbond substituents is 1. The molecule has 28 heavy (non-hydrogen) atoms. The third-order valence-corrected chi connectivity index (χ3v) is 3.27. The van der Waals surface area contributed by atoms with Gasteiger partial charge in [0.05, 0.1) is 25.2 Å². The quantitative estimate of drug-likeness (QED) is 0.126. The van der Waals surface area contributed by atoms with Crippen molar-refractivity contribution in [1.29, 1.82) is 0 Å². The molecule has 0 radical (unpaired) electrons. The average Bonchev–Trinajstić information content (AvgIpc) is 3.28. The van der Waals surface area contributed by atoms with Gasteiger partial charge in [-0.15, -0.1) is 0 Å². The van der Waals surface area contributed by atoms with Crippen LogP contribution in [0.4, 0.5) is 0 Å². The average molecular weight is 398 g/mol. The number of nitrogens with one attached hydrogen (secondary N) is 1. The van der Waals surface area contributed by atoms with Gasteiger partial charge < -0.3 is 35.5 Å². The Bertz CT molecular complexity index is 708. The van der Waals surface area contributed by atoms with E-state index in [1.807, 2.05) is 0 Å². The number of para-hydroxylation sites is 1. The third kappa shape index (κ3) is 8.01. The lowest BCUT2D eigenvalue weighted by Crippen LogP contribution is -2.56. The number of H-pyrrole nitrogens is 1. The van der Waals surface area contributed by atoms with Crippen LogP contribution in [0.1, 0.15) is 12.5 Å². The van der Waals surface area contributed by atoms with Crippen LogP contribution in [0, 0.1) is 0 Å². The number of carbonyl (C=O) groups excluding carboxylic acids is 2. The Morgan fingerprint density at radius 2 is 1.86 bits per heavy atom. The van der Waals surface area contributed by atoms with Crippen LogP contribution in [0.5, 0.6) is 5.75 Å². The van der Waals surface area contributed by atoms with Crippen LogP contribution in [0.2, 0.25) is 0 Å². The van der Waals surface area contributed by atoms with E-state index in [2.05, 4.69) is 20.6 Å². The molecular weight excluding hydrogens is 376 g/mol. The number of ketones is 1. The minimum Gasteiger partial charge on any atom is -0.507 e. The number of rotatable bonds is 6. The zero-order valence-electron chi connectivity index (χ0n) is 14.8. The van der Waals surface area contributed by atoms with Crippen molar-refractivity contribution in [2.24, 2.45) is 5.16 Å². The van der Waals surface area contributed by atoms with E-state index in [1.165, 1.54) is 12.3 Å². The van der Waals surface area contributed by atoms with Crippen LogP contribution in [-0.2, 0) is 9.59 Å². The van der Waals surface area contributed by atoms with Gasteiger partial charge in [0.1, 0.15) is 18.0 Å². The SMILES string of the molecule is CC(=O)C(O)(CO)C(O)C(O)C=O.ON=Cc1ccccc1O.c1cn[nH]n1. The number of carbonyl (C=O) groups is 2. The second kappa shape index (κ2) is 13.1. The Hall–Kier alpha value is -3.19. The molecule has 1 heterocycles. The molecule has 7 N–H and O–H groups in total. The summed E-state index contributed by atoms with van der Waals surface area (Å²) in [5.41, 5.74) is -1.98. The molecule has 0 aliphatic carbocycles. The molecule has 1 aromatic heterocycles. The molecule has 12 heteroatoms. The highest BCUT2D eigenvalue weighted by Crippen LogP contribution is 2.14. The topological polar surface area (TPSA) is 209 Å². The summed E-state index contributed by atoms with van der Waals surface area (Å²) >= 11 is 0. The molecule has 0 saturated carbocycles. The number of aromatic amines is 1. The molecule has 0 amide bonds. The lowest BCUT2D eigenvalue weighted by atomic mass is 9.90. The van der Waals surface area contributed by atoms with E-state index in [1.54, 1.807) is 30.6 Å². The number of aliphatic hydroxyl groups is 4. The molecule has 12 nitrogen and oxygen atoms in total. The summed E-state index contributed by atoms with van der Waals surface area (Å²) in [5, 5.41) is 65.1. The highest BCUT2D eigenvalue weighted by atomic mass is 16.4. The van der Waals surface area contributed by atoms with Gasteiger partial charge >= 0.3 is 0 Å². The predicted octanol–water partition coefficient (Wildman–Crippen LogP) is -1.78. The molecule has 3 unspecified atom stereocenters. The largest absolute Gasteiger partial charge is 0.507 e. The fourth-order valence-electron chi connectivity index (χ4n) is 1.60. The van der Waals surface area contributed by atoms with Crippen molar-refractivity contribution < 1.29 is 40.3 Å².